The Morgan fingerprint density at radius 1 is 1.29 bits per heavy atom. The molecule has 0 unspecified atom stereocenters. The van der Waals surface area contributed by atoms with Gasteiger partial charge in [-0.1, -0.05) is 26.0 Å². The molecule has 4 heteroatoms. The number of benzene rings is 1. The van der Waals surface area contributed by atoms with Gasteiger partial charge in [0.25, 0.3) is 0 Å². The molecule has 1 heterocycles. The van der Waals surface area contributed by atoms with Gasteiger partial charge in [-0.15, -0.1) is 0 Å². The topological polar surface area (TPSA) is 34.1 Å². The van der Waals surface area contributed by atoms with Crippen LogP contribution in [0.2, 0.25) is 0 Å². The van der Waals surface area contributed by atoms with Crippen LogP contribution in [-0.4, -0.2) is 11.0 Å². The van der Waals surface area contributed by atoms with E-state index in [0.29, 0.717) is 12.6 Å². The summed E-state index contributed by atoms with van der Waals surface area (Å²) in [5, 5.41) is 3.26. The molecular weight excluding hydrogens is 267 g/mol. The molecule has 0 bridgehead atoms. The van der Waals surface area contributed by atoms with Crippen LogP contribution in [0.4, 0.5) is 4.39 Å². The molecule has 21 heavy (non-hydrogen) atoms. The van der Waals surface area contributed by atoms with Crippen LogP contribution in [0.15, 0.2) is 36.5 Å². The van der Waals surface area contributed by atoms with Crippen molar-refractivity contribution < 1.29 is 9.13 Å². The largest absolute Gasteiger partial charge is 0.484 e. The lowest BCUT2D eigenvalue weighted by Gasteiger charge is -2.11. The molecular formula is C17H21FN2O. The van der Waals surface area contributed by atoms with Gasteiger partial charge in [0.05, 0.1) is 5.69 Å². The quantitative estimate of drug-likeness (QED) is 0.881. The summed E-state index contributed by atoms with van der Waals surface area (Å²) in [7, 11) is 0. The maximum atomic E-state index is 14.0. The highest BCUT2D eigenvalue weighted by Crippen LogP contribution is 2.20. The van der Waals surface area contributed by atoms with E-state index >= 15 is 0 Å². The van der Waals surface area contributed by atoms with Crippen molar-refractivity contribution in [2.24, 2.45) is 0 Å². The zero-order valence-corrected chi connectivity index (χ0v) is 12.7. The van der Waals surface area contributed by atoms with E-state index in [-0.39, 0.29) is 18.2 Å². The Morgan fingerprint density at radius 3 is 2.76 bits per heavy atom. The van der Waals surface area contributed by atoms with E-state index in [1.165, 1.54) is 6.07 Å². The van der Waals surface area contributed by atoms with Gasteiger partial charge in [-0.05, 0) is 36.2 Å². The zero-order valence-electron chi connectivity index (χ0n) is 12.7. The van der Waals surface area contributed by atoms with Gasteiger partial charge in [-0.25, -0.2) is 4.39 Å². The van der Waals surface area contributed by atoms with Crippen LogP contribution >= 0.6 is 0 Å². The number of halogens is 1. The number of rotatable bonds is 6. The van der Waals surface area contributed by atoms with Gasteiger partial charge >= 0.3 is 0 Å². The molecule has 112 valence electrons. The Hall–Kier alpha value is -1.94. The van der Waals surface area contributed by atoms with E-state index in [1.807, 2.05) is 25.1 Å². The van der Waals surface area contributed by atoms with Crippen molar-refractivity contribution >= 4 is 0 Å². The molecule has 0 amide bonds. The smallest absolute Gasteiger partial charge is 0.165 e. The molecule has 1 aromatic heterocycles. The van der Waals surface area contributed by atoms with E-state index < -0.39 is 0 Å². The molecule has 0 radical (unpaired) electrons. The highest BCUT2D eigenvalue weighted by atomic mass is 19.1. The van der Waals surface area contributed by atoms with Crippen molar-refractivity contribution in [2.75, 3.05) is 0 Å². The minimum atomic E-state index is -0.341. The summed E-state index contributed by atoms with van der Waals surface area (Å²) in [4.78, 5) is 4.23. The summed E-state index contributed by atoms with van der Waals surface area (Å²) < 4.78 is 19.5. The first-order chi connectivity index (χ1) is 10.1. The number of pyridine rings is 1. The number of aromatic nitrogens is 1. The molecule has 0 aliphatic heterocycles. The highest BCUT2D eigenvalue weighted by molar-refractivity contribution is 5.30. The van der Waals surface area contributed by atoms with Crippen molar-refractivity contribution in [1.29, 1.82) is 0 Å². The number of nitrogens with zero attached hydrogens (tertiary/aromatic N) is 1. The molecule has 0 saturated carbocycles. The maximum absolute atomic E-state index is 14.0. The fraction of sp³-hybridized carbons (Fsp3) is 0.353. The molecule has 0 spiro atoms. The maximum Gasteiger partial charge on any atom is 0.165 e. The lowest BCUT2D eigenvalue weighted by atomic mass is 10.2. The lowest BCUT2D eigenvalue weighted by Crippen LogP contribution is -2.21. The Kier molecular flexibility index (Phi) is 5.28. The van der Waals surface area contributed by atoms with Crippen molar-refractivity contribution in [3.05, 3.63) is 59.2 Å². The standard InChI is InChI=1S/C17H21FN2O/c1-12(2)20-10-14-6-7-17(15(18)9-14)21-11-16-13(3)5-4-8-19-16/h4-9,12,20H,10-11H2,1-3H3. The van der Waals surface area contributed by atoms with E-state index in [9.17, 15) is 4.39 Å². The first-order valence-corrected chi connectivity index (χ1v) is 7.11. The highest BCUT2D eigenvalue weighted by Gasteiger charge is 2.07. The summed E-state index contributed by atoms with van der Waals surface area (Å²) in [5.74, 6) is -0.0833. The molecule has 0 aliphatic rings. The Balaban J connectivity index is 1.99. The third-order valence-electron chi connectivity index (χ3n) is 3.19. The fourth-order valence-electron chi connectivity index (χ4n) is 1.91. The number of ether oxygens (including phenoxy) is 1. The third-order valence-corrected chi connectivity index (χ3v) is 3.19. The SMILES string of the molecule is Cc1cccnc1COc1ccc(CNC(C)C)cc1F. The zero-order chi connectivity index (χ0) is 15.2. The van der Waals surface area contributed by atoms with Gasteiger partial charge in [0.15, 0.2) is 11.6 Å². The molecule has 0 atom stereocenters. The second-order valence-corrected chi connectivity index (χ2v) is 5.36. The van der Waals surface area contributed by atoms with Gasteiger partial charge in [0.1, 0.15) is 6.61 Å². The van der Waals surface area contributed by atoms with Gasteiger partial charge in [-0.3, -0.25) is 4.98 Å². The lowest BCUT2D eigenvalue weighted by molar-refractivity contribution is 0.285. The van der Waals surface area contributed by atoms with Crippen LogP contribution in [0, 0.1) is 12.7 Å². The molecule has 2 aromatic rings. The van der Waals surface area contributed by atoms with E-state index in [2.05, 4.69) is 24.1 Å². The predicted octanol–water partition coefficient (Wildman–Crippen LogP) is 3.61. The summed E-state index contributed by atoms with van der Waals surface area (Å²) in [5.41, 5.74) is 2.76. The normalized spacial score (nSPS) is 10.9. The number of hydrogen-bond donors (Lipinski definition) is 1. The van der Waals surface area contributed by atoms with Crippen LogP contribution in [0.1, 0.15) is 30.7 Å². The van der Waals surface area contributed by atoms with Crippen LogP contribution < -0.4 is 10.1 Å². The minimum Gasteiger partial charge on any atom is -0.484 e. The Morgan fingerprint density at radius 2 is 2.10 bits per heavy atom. The summed E-state index contributed by atoms with van der Waals surface area (Å²) in [6.45, 7) is 7.00. The monoisotopic (exact) mass is 288 g/mol. The molecule has 1 N–H and O–H groups in total. The van der Waals surface area contributed by atoms with E-state index in [4.69, 9.17) is 4.74 Å². The average molecular weight is 288 g/mol. The van der Waals surface area contributed by atoms with Crippen LogP contribution in [0.25, 0.3) is 0 Å². The first kappa shape index (κ1) is 15.4. The number of hydrogen-bond acceptors (Lipinski definition) is 3. The molecule has 0 saturated heterocycles. The van der Waals surface area contributed by atoms with Gasteiger partial charge < -0.3 is 10.1 Å². The van der Waals surface area contributed by atoms with Crippen LogP contribution in [0.5, 0.6) is 5.75 Å². The molecule has 0 aliphatic carbocycles. The summed E-state index contributed by atoms with van der Waals surface area (Å²) >= 11 is 0. The summed E-state index contributed by atoms with van der Waals surface area (Å²) in [6, 6.07) is 9.26. The van der Waals surface area contributed by atoms with Gasteiger partial charge in [-0.2, -0.15) is 0 Å². The van der Waals surface area contributed by atoms with Crippen molar-refractivity contribution in [2.45, 2.75) is 40.0 Å². The second-order valence-electron chi connectivity index (χ2n) is 5.36. The first-order valence-electron chi connectivity index (χ1n) is 7.11. The Labute approximate surface area is 125 Å². The third kappa shape index (κ3) is 4.53. The summed E-state index contributed by atoms with van der Waals surface area (Å²) in [6.07, 6.45) is 1.71. The number of nitrogens with one attached hydrogen (secondary N) is 1. The van der Waals surface area contributed by atoms with Crippen molar-refractivity contribution in [3.8, 4) is 5.75 Å². The van der Waals surface area contributed by atoms with Gasteiger partial charge in [0, 0.05) is 18.8 Å². The molecule has 2 rings (SSSR count). The van der Waals surface area contributed by atoms with Crippen molar-refractivity contribution in [1.82, 2.24) is 10.3 Å². The predicted molar refractivity (Wildman–Crippen MR) is 81.7 cm³/mol. The molecule has 0 fully saturated rings. The molecule has 3 nitrogen and oxygen atoms in total. The fourth-order valence-corrected chi connectivity index (χ4v) is 1.91. The van der Waals surface area contributed by atoms with E-state index in [1.54, 1.807) is 12.3 Å². The van der Waals surface area contributed by atoms with Crippen LogP contribution in [0.3, 0.4) is 0 Å². The average Bonchev–Trinajstić information content (AvgIpc) is 2.45. The van der Waals surface area contributed by atoms with Crippen LogP contribution in [-0.2, 0) is 13.2 Å². The van der Waals surface area contributed by atoms with E-state index in [0.717, 1.165) is 16.8 Å². The molecule has 1 aromatic carbocycles. The van der Waals surface area contributed by atoms with Crippen molar-refractivity contribution in [3.63, 3.8) is 0 Å². The number of aryl methyl sites for hydroxylation is 1. The Bertz CT molecular complexity index is 599. The van der Waals surface area contributed by atoms with Gasteiger partial charge in [0.2, 0.25) is 0 Å². The minimum absolute atomic E-state index is 0.258. The second kappa shape index (κ2) is 7.18.